The molecule has 0 unspecified atom stereocenters. The molecule has 1 aromatic carbocycles. The quantitative estimate of drug-likeness (QED) is 0.842. The van der Waals surface area contributed by atoms with Gasteiger partial charge in [0.05, 0.1) is 5.92 Å². The molecule has 0 bridgehead atoms. The number of carbonyl (C=O) groups excluding carboxylic acids is 2. The number of rotatable bonds is 5. The number of nitrogens with zero attached hydrogens (tertiary/aromatic N) is 3. The Morgan fingerprint density at radius 1 is 1.24 bits per heavy atom. The van der Waals surface area contributed by atoms with Crippen LogP contribution >= 0.6 is 0 Å². The smallest absolute Gasteiger partial charge is 0.228 e. The van der Waals surface area contributed by atoms with Gasteiger partial charge in [-0.15, -0.1) is 0 Å². The van der Waals surface area contributed by atoms with Crippen LogP contribution in [-0.4, -0.2) is 40.2 Å². The average molecular weight is 337 g/mol. The first kappa shape index (κ1) is 17.1. The number of likely N-dealkylation sites (tertiary alicyclic amines) is 1. The number of aromatic nitrogens is 1. The Bertz CT molecular complexity index is 761. The van der Waals surface area contributed by atoms with Gasteiger partial charge in [0.1, 0.15) is 0 Å². The second-order valence-electron chi connectivity index (χ2n) is 6.66. The van der Waals surface area contributed by atoms with E-state index in [0.29, 0.717) is 26.1 Å². The van der Waals surface area contributed by atoms with Gasteiger partial charge in [-0.25, -0.2) is 0 Å². The number of amides is 2. The van der Waals surface area contributed by atoms with E-state index in [4.69, 9.17) is 0 Å². The number of benzene rings is 1. The summed E-state index contributed by atoms with van der Waals surface area (Å²) in [6, 6.07) is 11.9. The third-order valence-corrected chi connectivity index (χ3v) is 4.72. The summed E-state index contributed by atoms with van der Waals surface area (Å²) in [5.41, 5.74) is 3.27. The molecule has 0 aliphatic carbocycles. The molecule has 1 aliphatic rings. The molecule has 2 aromatic rings. The van der Waals surface area contributed by atoms with Crippen molar-refractivity contribution < 1.29 is 9.59 Å². The zero-order valence-electron chi connectivity index (χ0n) is 14.7. The molecular weight excluding hydrogens is 314 g/mol. The molecule has 1 saturated heterocycles. The van der Waals surface area contributed by atoms with Crippen molar-refractivity contribution in [3.63, 3.8) is 0 Å². The van der Waals surface area contributed by atoms with Gasteiger partial charge in [-0.2, -0.15) is 0 Å². The number of pyridine rings is 1. The summed E-state index contributed by atoms with van der Waals surface area (Å²) in [5.74, 6) is -0.196. The molecule has 1 aliphatic heterocycles. The second-order valence-corrected chi connectivity index (χ2v) is 6.66. The summed E-state index contributed by atoms with van der Waals surface area (Å²) in [6.45, 7) is 3.58. The van der Waals surface area contributed by atoms with E-state index in [1.165, 1.54) is 0 Å². The van der Waals surface area contributed by atoms with Crippen molar-refractivity contribution in [1.29, 1.82) is 0 Å². The van der Waals surface area contributed by atoms with Crippen LogP contribution in [0.1, 0.15) is 23.1 Å². The molecular formula is C20H23N3O2. The third-order valence-electron chi connectivity index (χ3n) is 4.72. The maximum absolute atomic E-state index is 13.1. The SMILES string of the molecule is Cc1ccccc1CN(Cc1cccnc1)C(=O)[C@@H]1CC(=O)N(C)C1. The van der Waals surface area contributed by atoms with E-state index in [9.17, 15) is 9.59 Å². The van der Waals surface area contributed by atoms with Gasteiger partial charge in [-0.1, -0.05) is 30.3 Å². The lowest BCUT2D eigenvalue weighted by Crippen LogP contribution is -2.36. The maximum Gasteiger partial charge on any atom is 0.228 e. The summed E-state index contributed by atoms with van der Waals surface area (Å²) in [7, 11) is 1.75. The van der Waals surface area contributed by atoms with Gasteiger partial charge < -0.3 is 9.80 Å². The van der Waals surface area contributed by atoms with Crippen molar-refractivity contribution in [1.82, 2.24) is 14.8 Å². The summed E-state index contributed by atoms with van der Waals surface area (Å²) >= 11 is 0. The molecule has 0 radical (unpaired) electrons. The van der Waals surface area contributed by atoms with Crippen LogP contribution in [0.15, 0.2) is 48.8 Å². The molecule has 25 heavy (non-hydrogen) atoms. The normalized spacial score (nSPS) is 17.0. The highest BCUT2D eigenvalue weighted by Gasteiger charge is 2.34. The fourth-order valence-electron chi connectivity index (χ4n) is 3.20. The van der Waals surface area contributed by atoms with Crippen LogP contribution in [0, 0.1) is 12.8 Å². The standard InChI is InChI=1S/C20H23N3O2/c1-15-6-3-4-8-17(15)14-23(12-16-7-5-9-21-11-16)20(25)18-10-19(24)22(2)13-18/h3-9,11,18H,10,12-14H2,1-2H3/t18-/m1/s1. The monoisotopic (exact) mass is 337 g/mol. The van der Waals surface area contributed by atoms with E-state index in [1.54, 1.807) is 24.3 Å². The van der Waals surface area contributed by atoms with Crippen LogP contribution in [0.25, 0.3) is 0 Å². The van der Waals surface area contributed by atoms with E-state index in [1.807, 2.05) is 35.2 Å². The van der Waals surface area contributed by atoms with Gasteiger partial charge in [-0.3, -0.25) is 14.6 Å². The maximum atomic E-state index is 13.1. The topological polar surface area (TPSA) is 53.5 Å². The lowest BCUT2D eigenvalue weighted by atomic mass is 10.0. The van der Waals surface area contributed by atoms with E-state index < -0.39 is 0 Å². The summed E-state index contributed by atoms with van der Waals surface area (Å²) in [4.78, 5) is 32.5. The summed E-state index contributed by atoms with van der Waals surface area (Å²) in [6.07, 6.45) is 3.80. The van der Waals surface area contributed by atoms with Crippen LogP contribution in [0.2, 0.25) is 0 Å². The van der Waals surface area contributed by atoms with Crippen LogP contribution in [0.4, 0.5) is 0 Å². The number of aryl methyl sites for hydroxylation is 1. The van der Waals surface area contributed by atoms with Crippen molar-refractivity contribution in [3.05, 3.63) is 65.5 Å². The molecule has 3 rings (SSSR count). The lowest BCUT2D eigenvalue weighted by Gasteiger charge is -2.26. The predicted octanol–water partition coefficient (Wildman–Crippen LogP) is 2.40. The first-order chi connectivity index (χ1) is 12.0. The molecule has 0 saturated carbocycles. The minimum absolute atomic E-state index is 0.0322. The van der Waals surface area contributed by atoms with Gasteiger partial charge in [0.15, 0.2) is 0 Å². The van der Waals surface area contributed by atoms with Crippen LogP contribution in [0.3, 0.4) is 0 Å². The van der Waals surface area contributed by atoms with Crippen LogP contribution in [0.5, 0.6) is 0 Å². The summed E-state index contributed by atoms with van der Waals surface area (Å²) < 4.78 is 0. The van der Waals surface area contributed by atoms with Gasteiger partial charge in [0.2, 0.25) is 11.8 Å². The Labute approximate surface area is 148 Å². The molecule has 130 valence electrons. The van der Waals surface area contributed by atoms with Gasteiger partial charge in [0, 0.05) is 45.5 Å². The first-order valence-corrected chi connectivity index (χ1v) is 8.50. The molecule has 5 nitrogen and oxygen atoms in total. The van der Waals surface area contributed by atoms with E-state index in [0.717, 1.165) is 16.7 Å². The van der Waals surface area contributed by atoms with Crippen LogP contribution < -0.4 is 0 Å². The predicted molar refractivity (Wildman–Crippen MR) is 95.4 cm³/mol. The van der Waals surface area contributed by atoms with E-state index in [-0.39, 0.29) is 17.7 Å². The minimum Gasteiger partial charge on any atom is -0.345 e. The summed E-state index contributed by atoms with van der Waals surface area (Å²) in [5, 5.41) is 0. The average Bonchev–Trinajstić information content (AvgIpc) is 2.95. The molecule has 1 aromatic heterocycles. The molecule has 1 fully saturated rings. The van der Waals surface area contributed by atoms with Crippen molar-refractivity contribution in [2.75, 3.05) is 13.6 Å². The highest BCUT2D eigenvalue weighted by atomic mass is 16.2. The lowest BCUT2D eigenvalue weighted by molar-refractivity contribution is -0.137. The van der Waals surface area contributed by atoms with Gasteiger partial charge in [-0.05, 0) is 29.7 Å². The highest BCUT2D eigenvalue weighted by Crippen LogP contribution is 2.22. The third kappa shape index (κ3) is 4.05. The Morgan fingerprint density at radius 3 is 2.68 bits per heavy atom. The molecule has 0 N–H and O–H groups in total. The Morgan fingerprint density at radius 2 is 2.04 bits per heavy atom. The highest BCUT2D eigenvalue weighted by molar-refractivity contribution is 5.89. The van der Waals surface area contributed by atoms with Crippen molar-refractivity contribution >= 4 is 11.8 Å². The molecule has 2 heterocycles. The van der Waals surface area contributed by atoms with Gasteiger partial charge in [0.25, 0.3) is 0 Å². The fourth-order valence-corrected chi connectivity index (χ4v) is 3.20. The molecule has 1 atom stereocenters. The zero-order valence-corrected chi connectivity index (χ0v) is 14.7. The van der Waals surface area contributed by atoms with E-state index in [2.05, 4.69) is 18.0 Å². The Kier molecular flexibility index (Phi) is 5.12. The molecule has 5 heteroatoms. The van der Waals surface area contributed by atoms with Crippen molar-refractivity contribution in [2.45, 2.75) is 26.4 Å². The molecule has 0 spiro atoms. The van der Waals surface area contributed by atoms with Crippen LogP contribution in [-0.2, 0) is 22.7 Å². The second kappa shape index (κ2) is 7.47. The van der Waals surface area contributed by atoms with Crippen molar-refractivity contribution in [2.24, 2.45) is 5.92 Å². The largest absolute Gasteiger partial charge is 0.345 e. The molecule has 2 amide bonds. The number of hydrogen-bond donors (Lipinski definition) is 0. The number of hydrogen-bond acceptors (Lipinski definition) is 3. The van der Waals surface area contributed by atoms with Gasteiger partial charge >= 0.3 is 0 Å². The zero-order chi connectivity index (χ0) is 17.8. The minimum atomic E-state index is -0.266. The first-order valence-electron chi connectivity index (χ1n) is 8.50. The number of carbonyl (C=O) groups is 2. The van der Waals surface area contributed by atoms with Crippen molar-refractivity contribution in [3.8, 4) is 0 Å². The fraction of sp³-hybridized carbons (Fsp3) is 0.350. The van der Waals surface area contributed by atoms with E-state index >= 15 is 0 Å². The Balaban J connectivity index is 1.82. The Hall–Kier alpha value is -2.69.